The summed E-state index contributed by atoms with van der Waals surface area (Å²) in [5, 5.41) is 4.07. The van der Waals surface area contributed by atoms with Crippen LogP contribution in [0.3, 0.4) is 0 Å². The lowest BCUT2D eigenvalue weighted by atomic mass is 10.3. The summed E-state index contributed by atoms with van der Waals surface area (Å²) in [6, 6.07) is 0. The average molecular weight is 164 g/mol. The van der Waals surface area contributed by atoms with Crippen molar-refractivity contribution >= 4 is 6.29 Å². The Morgan fingerprint density at radius 3 is 3.08 bits per heavy atom. The largest absolute Gasteiger partial charge is 0.298 e. The maximum atomic E-state index is 10.3. The van der Waals surface area contributed by atoms with Crippen LogP contribution in [0.25, 0.3) is 0 Å². The van der Waals surface area contributed by atoms with E-state index in [0.717, 1.165) is 18.7 Å². The predicted molar refractivity (Wildman–Crippen MR) is 45.0 cm³/mol. The summed E-state index contributed by atoms with van der Waals surface area (Å²) < 4.78 is 1.85. The molecule has 1 aliphatic carbocycles. The number of hydrogen-bond acceptors (Lipinski definition) is 2. The number of carbonyl (C=O) groups is 1. The number of hydrogen-bond donors (Lipinski definition) is 0. The summed E-state index contributed by atoms with van der Waals surface area (Å²) in [5.41, 5.74) is 0.672. The average Bonchev–Trinajstić information content (AvgIpc) is 2.81. The molecule has 1 aliphatic rings. The molecule has 3 heteroatoms. The van der Waals surface area contributed by atoms with Gasteiger partial charge in [-0.3, -0.25) is 9.48 Å². The first-order chi connectivity index (χ1) is 5.88. The van der Waals surface area contributed by atoms with Crippen molar-refractivity contribution in [2.75, 3.05) is 0 Å². The van der Waals surface area contributed by atoms with Crippen molar-refractivity contribution in [2.45, 2.75) is 25.8 Å². The van der Waals surface area contributed by atoms with E-state index in [1.165, 1.54) is 19.3 Å². The van der Waals surface area contributed by atoms with Crippen LogP contribution in [0.4, 0.5) is 0 Å². The van der Waals surface area contributed by atoms with Crippen LogP contribution in [-0.2, 0) is 6.54 Å². The van der Waals surface area contributed by atoms with E-state index in [0.29, 0.717) is 5.56 Å². The molecule has 0 saturated heterocycles. The lowest BCUT2D eigenvalue weighted by molar-refractivity contribution is 0.112. The zero-order valence-electron chi connectivity index (χ0n) is 6.94. The molecule has 1 saturated carbocycles. The highest BCUT2D eigenvalue weighted by Gasteiger charge is 2.20. The Morgan fingerprint density at radius 1 is 1.67 bits per heavy atom. The molecule has 3 nitrogen and oxygen atoms in total. The first kappa shape index (κ1) is 7.53. The van der Waals surface area contributed by atoms with Gasteiger partial charge >= 0.3 is 0 Å². The molecule has 1 fully saturated rings. The fraction of sp³-hybridized carbons (Fsp3) is 0.556. The molecule has 0 bridgehead atoms. The summed E-state index contributed by atoms with van der Waals surface area (Å²) in [7, 11) is 0. The minimum atomic E-state index is 0.672. The Kier molecular flexibility index (Phi) is 1.94. The number of rotatable bonds is 4. The highest BCUT2D eigenvalue weighted by molar-refractivity contribution is 5.73. The van der Waals surface area contributed by atoms with Crippen LogP contribution < -0.4 is 0 Å². The molecule has 0 aromatic carbocycles. The van der Waals surface area contributed by atoms with Gasteiger partial charge < -0.3 is 0 Å². The van der Waals surface area contributed by atoms with Crippen LogP contribution in [0.1, 0.15) is 29.6 Å². The van der Waals surface area contributed by atoms with E-state index in [2.05, 4.69) is 5.10 Å². The second kappa shape index (κ2) is 3.09. The van der Waals surface area contributed by atoms with Gasteiger partial charge in [-0.05, 0) is 12.3 Å². The van der Waals surface area contributed by atoms with E-state index in [4.69, 9.17) is 0 Å². The summed E-state index contributed by atoms with van der Waals surface area (Å²) in [6.45, 7) is 0.957. The molecule has 64 valence electrons. The van der Waals surface area contributed by atoms with E-state index < -0.39 is 0 Å². The van der Waals surface area contributed by atoms with Gasteiger partial charge in [0.2, 0.25) is 0 Å². The van der Waals surface area contributed by atoms with E-state index in [9.17, 15) is 4.79 Å². The third-order valence-corrected chi connectivity index (χ3v) is 2.25. The zero-order chi connectivity index (χ0) is 8.39. The zero-order valence-corrected chi connectivity index (χ0v) is 6.94. The molecule has 0 unspecified atom stereocenters. The van der Waals surface area contributed by atoms with Crippen molar-refractivity contribution in [3.05, 3.63) is 18.0 Å². The molecule has 0 aliphatic heterocycles. The Bertz CT molecular complexity index is 276. The van der Waals surface area contributed by atoms with Crippen LogP contribution in [0, 0.1) is 5.92 Å². The van der Waals surface area contributed by atoms with Gasteiger partial charge in [0.1, 0.15) is 0 Å². The SMILES string of the molecule is O=Cc1cnn(CCC2CC2)c1. The first-order valence-electron chi connectivity index (χ1n) is 4.36. The molecule has 1 aromatic heterocycles. The Hall–Kier alpha value is -1.12. The first-order valence-corrected chi connectivity index (χ1v) is 4.36. The second-order valence-corrected chi connectivity index (χ2v) is 3.39. The van der Waals surface area contributed by atoms with Gasteiger partial charge in [-0.25, -0.2) is 0 Å². The summed E-state index contributed by atoms with van der Waals surface area (Å²) in [6.07, 6.45) is 8.21. The molecule has 0 amide bonds. The van der Waals surface area contributed by atoms with Crippen LogP contribution in [0.5, 0.6) is 0 Å². The maximum Gasteiger partial charge on any atom is 0.153 e. The van der Waals surface area contributed by atoms with Crippen molar-refractivity contribution in [2.24, 2.45) is 5.92 Å². The van der Waals surface area contributed by atoms with Crippen LogP contribution in [0.2, 0.25) is 0 Å². The molecule has 2 rings (SSSR count). The molecular weight excluding hydrogens is 152 g/mol. The van der Waals surface area contributed by atoms with Crippen molar-refractivity contribution in [3.63, 3.8) is 0 Å². The van der Waals surface area contributed by atoms with Gasteiger partial charge in [0.05, 0.1) is 11.8 Å². The van der Waals surface area contributed by atoms with Gasteiger partial charge in [0.25, 0.3) is 0 Å². The highest BCUT2D eigenvalue weighted by atomic mass is 16.1. The van der Waals surface area contributed by atoms with Crippen LogP contribution in [-0.4, -0.2) is 16.1 Å². The third kappa shape index (κ3) is 1.72. The molecule has 1 aromatic rings. The Morgan fingerprint density at radius 2 is 2.50 bits per heavy atom. The minimum absolute atomic E-state index is 0.672. The fourth-order valence-electron chi connectivity index (χ4n) is 1.28. The van der Waals surface area contributed by atoms with Gasteiger partial charge in [-0.15, -0.1) is 0 Å². The van der Waals surface area contributed by atoms with Gasteiger partial charge in [0.15, 0.2) is 6.29 Å². The quantitative estimate of drug-likeness (QED) is 0.632. The smallest absolute Gasteiger partial charge is 0.153 e. The van der Waals surface area contributed by atoms with Gasteiger partial charge in [-0.1, -0.05) is 12.8 Å². The van der Waals surface area contributed by atoms with Crippen molar-refractivity contribution < 1.29 is 4.79 Å². The molecule has 0 N–H and O–H groups in total. The standard InChI is InChI=1S/C9H12N2O/c12-7-9-5-10-11(6-9)4-3-8-1-2-8/h5-8H,1-4H2. The van der Waals surface area contributed by atoms with E-state index in [1.54, 1.807) is 12.4 Å². The van der Waals surface area contributed by atoms with Gasteiger partial charge in [-0.2, -0.15) is 5.10 Å². The van der Waals surface area contributed by atoms with Crippen molar-refractivity contribution in [3.8, 4) is 0 Å². The second-order valence-electron chi connectivity index (χ2n) is 3.39. The topological polar surface area (TPSA) is 34.9 Å². The molecule has 1 heterocycles. The van der Waals surface area contributed by atoms with Crippen molar-refractivity contribution in [1.82, 2.24) is 9.78 Å². The fourth-order valence-corrected chi connectivity index (χ4v) is 1.28. The molecule has 0 atom stereocenters. The molecule has 0 radical (unpaired) electrons. The summed E-state index contributed by atoms with van der Waals surface area (Å²) in [5.74, 6) is 0.925. The lowest BCUT2D eigenvalue weighted by Crippen LogP contribution is -1.98. The molecule has 12 heavy (non-hydrogen) atoms. The summed E-state index contributed by atoms with van der Waals surface area (Å²) >= 11 is 0. The minimum Gasteiger partial charge on any atom is -0.298 e. The number of aromatic nitrogens is 2. The lowest BCUT2D eigenvalue weighted by Gasteiger charge is -1.97. The van der Waals surface area contributed by atoms with E-state index >= 15 is 0 Å². The van der Waals surface area contributed by atoms with Crippen LogP contribution in [0.15, 0.2) is 12.4 Å². The maximum absolute atomic E-state index is 10.3. The molecular formula is C9H12N2O. The Labute approximate surface area is 71.4 Å². The number of aryl methyl sites for hydroxylation is 1. The van der Waals surface area contributed by atoms with Crippen LogP contribution >= 0.6 is 0 Å². The predicted octanol–water partition coefficient (Wildman–Crippen LogP) is 1.50. The van der Waals surface area contributed by atoms with E-state index in [-0.39, 0.29) is 0 Å². The highest BCUT2D eigenvalue weighted by Crippen LogP contribution is 2.32. The number of nitrogens with zero attached hydrogens (tertiary/aromatic N) is 2. The molecule has 0 spiro atoms. The number of aldehydes is 1. The normalized spacial score (nSPS) is 16.3. The summed E-state index contributed by atoms with van der Waals surface area (Å²) in [4.78, 5) is 10.3. The van der Waals surface area contributed by atoms with Crippen molar-refractivity contribution in [1.29, 1.82) is 0 Å². The Balaban J connectivity index is 1.88. The third-order valence-electron chi connectivity index (χ3n) is 2.25. The monoisotopic (exact) mass is 164 g/mol. The van der Waals surface area contributed by atoms with E-state index in [1.807, 2.05) is 4.68 Å². The number of carbonyl (C=O) groups excluding carboxylic acids is 1. The van der Waals surface area contributed by atoms with Gasteiger partial charge in [0, 0.05) is 12.7 Å².